The highest BCUT2D eigenvalue weighted by Crippen LogP contribution is 2.31. The number of carbonyl (C=O) groups excluding carboxylic acids is 1. The lowest BCUT2D eigenvalue weighted by Gasteiger charge is -2.15. The van der Waals surface area contributed by atoms with Crippen LogP contribution in [-0.2, 0) is 6.42 Å². The van der Waals surface area contributed by atoms with Gasteiger partial charge in [-0.1, -0.05) is 12.1 Å². The van der Waals surface area contributed by atoms with Gasteiger partial charge in [-0.25, -0.2) is 14.2 Å². The smallest absolute Gasteiger partial charge is 0.232 e. The lowest BCUT2D eigenvalue weighted by molar-refractivity contribution is 0.0881. The minimum atomic E-state index is -0.556. The Labute approximate surface area is 115 Å². The summed E-state index contributed by atoms with van der Waals surface area (Å²) in [7, 11) is 0. The number of benzene rings is 1. The number of carbonyl (C=O) groups is 1. The van der Waals surface area contributed by atoms with E-state index in [9.17, 15) is 9.18 Å². The first-order valence-electron chi connectivity index (χ1n) is 6.40. The molecule has 5 heteroatoms. The van der Waals surface area contributed by atoms with E-state index in [1.165, 1.54) is 12.1 Å². The number of fused-ring (bicyclic) bond motifs is 1. The molecule has 0 saturated carbocycles. The van der Waals surface area contributed by atoms with Crippen LogP contribution in [0.25, 0.3) is 16.1 Å². The van der Waals surface area contributed by atoms with Gasteiger partial charge in [-0.15, -0.1) is 0 Å². The number of hydrogen-bond donors (Lipinski definition) is 0. The molecule has 0 saturated heterocycles. The number of hydrogen-bond acceptors (Lipinski definition) is 2. The molecule has 4 nitrogen and oxygen atoms in total. The monoisotopic (exact) mass is 269 g/mol. The van der Waals surface area contributed by atoms with Crippen LogP contribution in [0.2, 0.25) is 0 Å². The predicted octanol–water partition coefficient (Wildman–Crippen LogP) is 3.52. The van der Waals surface area contributed by atoms with Crippen molar-refractivity contribution in [2.75, 3.05) is 0 Å². The maximum atomic E-state index is 13.7. The standard InChI is InChI=1S/C15H12FN3O/c1-9-18-15(13-4-3-5-14(20)19(9)13)10-6-7-12(17-2)11(16)8-10/h6-8H,3-5H2,1H3. The molecule has 20 heavy (non-hydrogen) atoms. The normalized spacial score (nSPS) is 13.9. The van der Waals surface area contributed by atoms with E-state index < -0.39 is 5.82 Å². The second-order valence-corrected chi connectivity index (χ2v) is 4.82. The third-order valence-corrected chi connectivity index (χ3v) is 3.54. The van der Waals surface area contributed by atoms with Gasteiger partial charge in [0.1, 0.15) is 11.6 Å². The molecule has 0 radical (unpaired) electrons. The molecule has 3 rings (SSSR count). The summed E-state index contributed by atoms with van der Waals surface area (Å²) < 4.78 is 15.4. The quantitative estimate of drug-likeness (QED) is 0.743. The Balaban J connectivity index is 2.17. The number of aromatic nitrogens is 2. The van der Waals surface area contributed by atoms with Crippen LogP contribution in [-0.4, -0.2) is 15.5 Å². The fraction of sp³-hybridized carbons (Fsp3) is 0.267. The van der Waals surface area contributed by atoms with Crippen LogP contribution in [0.15, 0.2) is 18.2 Å². The van der Waals surface area contributed by atoms with Crippen molar-refractivity contribution in [1.82, 2.24) is 9.55 Å². The van der Waals surface area contributed by atoms with Gasteiger partial charge in [-0.2, -0.15) is 0 Å². The molecule has 0 unspecified atom stereocenters. The fourth-order valence-corrected chi connectivity index (χ4v) is 2.63. The van der Waals surface area contributed by atoms with Crippen molar-refractivity contribution in [3.05, 3.63) is 47.0 Å². The van der Waals surface area contributed by atoms with Gasteiger partial charge in [-0.3, -0.25) is 9.36 Å². The summed E-state index contributed by atoms with van der Waals surface area (Å²) in [6.07, 6.45) is 2.07. The molecule has 0 aliphatic carbocycles. The SMILES string of the molecule is [C-]#[N+]c1ccc(-c2nc(C)n3c2CCCC3=O)cc1F. The number of imidazole rings is 1. The Kier molecular flexibility index (Phi) is 2.87. The molecule has 100 valence electrons. The molecular weight excluding hydrogens is 257 g/mol. The highest BCUT2D eigenvalue weighted by molar-refractivity contribution is 5.83. The summed E-state index contributed by atoms with van der Waals surface area (Å²) in [5.74, 6) is 0.120. The molecule has 1 aromatic carbocycles. The molecule has 0 spiro atoms. The molecule has 0 bridgehead atoms. The van der Waals surface area contributed by atoms with E-state index in [4.69, 9.17) is 6.57 Å². The van der Waals surface area contributed by atoms with E-state index in [-0.39, 0.29) is 11.6 Å². The third kappa shape index (κ3) is 1.81. The summed E-state index contributed by atoms with van der Waals surface area (Å²) in [5.41, 5.74) is 2.09. The maximum Gasteiger partial charge on any atom is 0.232 e. The Morgan fingerprint density at radius 2 is 2.20 bits per heavy atom. The molecule has 1 aliphatic heterocycles. The topological polar surface area (TPSA) is 39.2 Å². The van der Waals surface area contributed by atoms with E-state index in [1.807, 2.05) is 0 Å². The van der Waals surface area contributed by atoms with Gasteiger partial charge in [0, 0.05) is 12.0 Å². The minimum Gasteiger partial charge on any atom is -0.274 e. The molecule has 0 fully saturated rings. The number of halogens is 1. The van der Waals surface area contributed by atoms with Crippen LogP contribution in [0, 0.1) is 19.3 Å². The zero-order valence-corrected chi connectivity index (χ0v) is 11.0. The van der Waals surface area contributed by atoms with E-state index in [2.05, 4.69) is 9.83 Å². The van der Waals surface area contributed by atoms with Crippen LogP contribution in [0.3, 0.4) is 0 Å². The molecule has 1 aliphatic rings. The highest BCUT2D eigenvalue weighted by Gasteiger charge is 2.24. The Hall–Kier alpha value is -2.48. The highest BCUT2D eigenvalue weighted by atomic mass is 19.1. The molecule has 1 aromatic heterocycles. The van der Waals surface area contributed by atoms with Gasteiger partial charge in [0.25, 0.3) is 0 Å². The molecule has 0 amide bonds. The van der Waals surface area contributed by atoms with Crippen LogP contribution in [0.5, 0.6) is 0 Å². The van der Waals surface area contributed by atoms with Gasteiger partial charge in [0.2, 0.25) is 11.6 Å². The van der Waals surface area contributed by atoms with Gasteiger partial charge >= 0.3 is 0 Å². The first-order chi connectivity index (χ1) is 9.61. The van der Waals surface area contributed by atoms with Crippen molar-refractivity contribution in [2.24, 2.45) is 0 Å². The van der Waals surface area contributed by atoms with Crippen LogP contribution < -0.4 is 0 Å². The number of nitrogens with zero attached hydrogens (tertiary/aromatic N) is 3. The number of rotatable bonds is 1. The van der Waals surface area contributed by atoms with Crippen LogP contribution >= 0.6 is 0 Å². The zero-order chi connectivity index (χ0) is 14.3. The molecule has 2 heterocycles. The summed E-state index contributed by atoms with van der Waals surface area (Å²) in [4.78, 5) is 19.4. The minimum absolute atomic E-state index is 0.00498. The first-order valence-corrected chi connectivity index (χ1v) is 6.40. The Morgan fingerprint density at radius 1 is 1.40 bits per heavy atom. The molecule has 0 atom stereocenters. The maximum absolute atomic E-state index is 13.7. The van der Waals surface area contributed by atoms with Crippen molar-refractivity contribution < 1.29 is 9.18 Å². The summed E-state index contributed by atoms with van der Waals surface area (Å²) in [6, 6.07) is 4.44. The third-order valence-electron chi connectivity index (χ3n) is 3.54. The molecule has 2 aromatic rings. The second-order valence-electron chi connectivity index (χ2n) is 4.82. The Bertz CT molecular complexity index is 755. The van der Waals surface area contributed by atoms with Gasteiger partial charge in [0.05, 0.1) is 18.0 Å². The van der Waals surface area contributed by atoms with Crippen molar-refractivity contribution in [3.63, 3.8) is 0 Å². The average molecular weight is 269 g/mol. The lowest BCUT2D eigenvalue weighted by Crippen LogP contribution is -2.20. The molecule has 0 N–H and O–H groups in total. The van der Waals surface area contributed by atoms with Crippen LogP contribution in [0.4, 0.5) is 10.1 Å². The van der Waals surface area contributed by atoms with Gasteiger partial charge < -0.3 is 0 Å². The average Bonchev–Trinajstić information content (AvgIpc) is 2.77. The lowest BCUT2D eigenvalue weighted by atomic mass is 10.0. The van der Waals surface area contributed by atoms with Crippen molar-refractivity contribution in [2.45, 2.75) is 26.2 Å². The zero-order valence-electron chi connectivity index (χ0n) is 11.0. The van der Waals surface area contributed by atoms with Crippen LogP contribution in [0.1, 0.15) is 29.2 Å². The van der Waals surface area contributed by atoms with Crippen molar-refractivity contribution in [1.29, 1.82) is 0 Å². The van der Waals surface area contributed by atoms with Crippen molar-refractivity contribution >= 4 is 11.6 Å². The van der Waals surface area contributed by atoms with Gasteiger partial charge in [-0.05, 0) is 25.8 Å². The van der Waals surface area contributed by atoms with E-state index in [0.717, 1.165) is 18.5 Å². The van der Waals surface area contributed by atoms with Crippen molar-refractivity contribution in [3.8, 4) is 11.3 Å². The number of aryl methyl sites for hydroxylation is 1. The molecular formula is C15H12FN3O. The first kappa shape index (κ1) is 12.5. The van der Waals surface area contributed by atoms with E-state index in [1.54, 1.807) is 17.6 Å². The second kappa shape index (κ2) is 4.57. The fourth-order valence-electron chi connectivity index (χ4n) is 2.63. The van der Waals surface area contributed by atoms with E-state index in [0.29, 0.717) is 23.5 Å². The largest absolute Gasteiger partial charge is 0.274 e. The van der Waals surface area contributed by atoms with Gasteiger partial charge in [0.15, 0.2) is 0 Å². The predicted molar refractivity (Wildman–Crippen MR) is 72.2 cm³/mol. The van der Waals surface area contributed by atoms with E-state index >= 15 is 0 Å². The summed E-state index contributed by atoms with van der Waals surface area (Å²) in [6.45, 7) is 8.64. The summed E-state index contributed by atoms with van der Waals surface area (Å²) in [5, 5.41) is 0. The Morgan fingerprint density at radius 3 is 2.90 bits per heavy atom. The summed E-state index contributed by atoms with van der Waals surface area (Å²) >= 11 is 0.